The Hall–Kier alpha value is -0.860. The quantitative estimate of drug-likeness (QED) is 0.568. The second-order valence-corrected chi connectivity index (χ2v) is 4.36. The highest BCUT2D eigenvalue weighted by Gasteiger charge is 2.38. The molecule has 0 aromatic heterocycles. The van der Waals surface area contributed by atoms with Crippen molar-refractivity contribution in [1.29, 1.82) is 0 Å². The van der Waals surface area contributed by atoms with E-state index in [2.05, 4.69) is 12.2 Å². The van der Waals surface area contributed by atoms with Crippen LogP contribution in [0.25, 0.3) is 0 Å². The molecule has 0 unspecified atom stereocenters. The van der Waals surface area contributed by atoms with E-state index in [4.69, 9.17) is 0 Å². The molecule has 1 aliphatic carbocycles. The number of hydrogen-bond donors (Lipinski definition) is 1. The number of carbonyl (C=O) groups is 2. The first kappa shape index (κ1) is 8.73. The van der Waals surface area contributed by atoms with Gasteiger partial charge in [-0.1, -0.05) is 13.3 Å². The van der Waals surface area contributed by atoms with Crippen LogP contribution < -0.4 is 5.32 Å². The summed E-state index contributed by atoms with van der Waals surface area (Å²) in [6.07, 6.45) is 3.40. The Kier molecular flexibility index (Phi) is 2.10. The number of carbonyl (C=O) groups excluding carboxylic acids is 2. The number of hydrogen-bond acceptors (Lipinski definition) is 2. The molecule has 1 heterocycles. The Morgan fingerprint density at radius 1 is 1.15 bits per heavy atom. The van der Waals surface area contributed by atoms with Crippen LogP contribution in [0.5, 0.6) is 0 Å². The van der Waals surface area contributed by atoms with E-state index in [9.17, 15) is 9.59 Å². The SMILES string of the molecule is C[C@@H]1CC[C@H]2CC(=O)NC(=O)C[C@@H]21. The summed E-state index contributed by atoms with van der Waals surface area (Å²) in [4.78, 5) is 22.5. The minimum absolute atomic E-state index is 0.0772. The Bertz CT molecular complexity index is 249. The maximum absolute atomic E-state index is 11.2. The first-order chi connectivity index (χ1) is 6.16. The molecular formula is C10H15NO2. The van der Waals surface area contributed by atoms with E-state index in [1.807, 2.05) is 0 Å². The Morgan fingerprint density at radius 3 is 2.62 bits per heavy atom. The van der Waals surface area contributed by atoms with E-state index < -0.39 is 0 Å². The van der Waals surface area contributed by atoms with Gasteiger partial charge in [-0.3, -0.25) is 14.9 Å². The van der Waals surface area contributed by atoms with Crippen molar-refractivity contribution in [3.05, 3.63) is 0 Å². The van der Waals surface area contributed by atoms with Gasteiger partial charge in [-0.05, 0) is 24.2 Å². The molecule has 0 aromatic carbocycles. The zero-order chi connectivity index (χ0) is 9.42. The number of nitrogens with one attached hydrogen (secondary N) is 1. The van der Waals surface area contributed by atoms with Crippen LogP contribution in [-0.4, -0.2) is 11.8 Å². The van der Waals surface area contributed by atoms with Crippen LogP contribution in [0.4, 0.5) is 0 Å². The zero-order valence-corrected chi connectivity index (χ0v) is 7.88. The van der Waals surface area contributed by atoms with Gasteiger partial charge in [0, 0.05) is 12.8 Å². The topological polar surface area (TPSA) is 46.2 Å². The van der Waals surface area contributed by atoms with E-state index in [0.29, 0.717) is 30.6 Å². The summed E-state index contributed by atoms with van der Waals surface area (Å²) in [5.74, 6) is 1.37. The fourth-order valence-corrected chi connectivity index (χ4v) is 2.70. The predicted octanol–water partition coefficient (Wildman–Crippen LogP) is 1.09. The molecule has 72 valence electrons. The van der Waals surface area contributed by atoms with Crippen molar-refractivity contribution in [3.8, 4) is 0 Å². The highest BCUT2D eigenvalue weighted by molar-refractivity contribution is 5.96. The first-order valence-corrected chi connectivity index (χ1v) is 4.99. The highest BCUT2D eigenvalue weighted by Crippen LogP contribution is 2.41. The smallest absolute Gasteiger partial charge is 0.226 e. The molecule has 3 heteroatoms. The predicted molar refractivity (Wildman–Crippen MR) is 47.8 cm³/mol. The van der Waals surface area contributed by atoms with E-state index in [1.54, 1.807) is 0 Å². The lowest BCUT2D eigenvalue weighted by molar-refractivity contribution is -0.129. The van der Waals surface area contributed by atoms with Gasteiger partial charge in [0.2, 0.25) is 11.8 Å². The fraction of sp³-hybridized carbons (Fsp3) is 0.800. The molecule has 1 saturated heterocycles. The molecule has 1 N–H and O–H groups in total. The van der Waals surface area contributed by atoms with Gasteiger partial charge < -0.3 is 0 Å². The molecule has 2 fully saturated rings. The largest absolute Gasteiger partial charge is 0.296 e. The van der Waals surface area contributed by atoms with E-state index in [-0.39, 0.29) is 11.8 Å². The van der Waals surface area contributed by atoms with Crippen molar-refractivity contribution >= 4 is 11.8 Å². The van der Waals surface area contributed by atoms with Crippen LogP contribution in [0.15, 0.2) is 0 Å². The lowest BCUT2D eigenvalue weighted by Crippen LogP contribution is -2.28. The number of fused-ring (bicyclic) bond motifs is 1. The molecule has 3 nitrogen and oxygen atoms in total. The van der Waals surface area contributed by atoms with Crippen molar-refractivity contribution in [1.82, 2.24) is 5.32 Å². The van der Waals surface area contributed by atoms with Crippen molar-refractivity contribution < 1.29 is 9.59 Å². The van der Waals surface area contributed by atoms with Gasteiger partial charge in [-0.15, -0.1) is 0 Å². The molecule has 0 radical (unpaired) electrons. The van der Waals surface area contributed by atoms with Crippen molar-refractivity contribution in [2.75, 3.05) is 0 Å². The fourth-order valence-electron chi connectivity index (χ4n) is 2.70. The Morgan fingerprint density at radius 2 is 1.85 bits per heavy atom. The van der Waals surface area contributed by atoms with E-state index in [0.717, 1.165) is 6.42 Å². The van der Waals surface area contributed by atoms with E-state index >= 15 is 0 Å². The van der Waals surface area contributed by atoms with Crippen LogP contribution in [0.1, 0.15) is 32.6 Å². The standard InChI is InChI=1S/C10H15NO2/c1-6-2-3-7-4-9(12)11-10(13)5-8(6)7/h6-8H,2-5H2,1H3,(H,11,12,13)/t6-,7+,8-/m1/s1. The third-order valence-electron chi connectivity index (χ3n) is 3.48. The second kappa shape index (κ2) is 3.13. The number of amides is 2. The minimum Gasteiger partial charge on any atom is -0.296 e. The van der Waals surface area contributed by atoms with Gasteiger partial charge in [-0.25, -0.2) is 0 Å². The molecule has 2 amide bonds. The molecule has 0 aromatic rings. The normalized spacial score (nSPS) is 39.6. The molecule has 0 spiro atoms. The molecule has 2 rings (SSSR count). The van der Waals surface area contributed by atoms with Gasteiger partial charge >= 0.3 is 0 Å². The van der Waals surface area contributed by atoms with Gasteiger partial charge in [0.05, 0.1) is 0 Å². The maximum atomic E-state index is 11.2. The summed E-state index contributed by atoms with van der Waals surface area (Å²) in [5.41, 5.74) is 0. The number of rotatable bonds is 0. The monoisotopic (exact) mass is 181 g/mol. The first-order valence-electron chi connectivity index (χ1n) is 4.99. The molecule has 13 heavy (non-hydrogen) atoms. The van der Waals surface area contributed by atoms with E-state index in [1.165, 1.54) is 6.42 Å². The summed E-state index contributed by atoms with van der Waals surface area (Å²) in [5, 5.41) is 2.41. The lowest BCUT2D eigenvalue weighted by Gasteiger charge is -2.17. The van der Waals surface area contributed by atoms with Crippen molar-refractivity contribution in [2.24, 2.45) is 17.8 Å². The summed E-state index contributed by atoms with van der Waals surface area (Å²) < 4.78 is 0. The van der Waals surface area contributed by atoms with Gasteiger partial charge in [0.1, 0.15) is 0 Å². The second-order valence-electron chi connectivity index (χ2n) is 4.36. The van der Waals surface area contributed by atoms with Crippen LogP contribution >= 0.6 is 0 Å². The van der Waals surface area contributed by atoms with Gasteiger partial charge in [-0.2, -0.15) is 0 Å². The number of imide groups is 1. The molecule has 3 atom stereocenters. The van der Waals surface area contributed by atoms with Gasteiger partial charge in [0.15, 0.2) is 0 Å². The van der Waals surface area contributed by atoms with Gasteiger partial charge in [0.25, 0.3) is 0 Å². The minimum atomic E-state index is -0.0775. The summed E-state index contributed by atoms with van der Waals surface area (Å²) in [6, 6.07) is 0. The third-order valence-corrected chi connectivity index (χ3v) is 3.48. The van der Waals surface area contributed by atoms with Crippen LogP contribution in [0.3, 0.4) is 0 Å². The van der Waals surface area contributed by atoms with Crippen LogP contribution in [0, 0.1) is 17.8 Å². The molecule has 1 saturated carbocycles. The maximum Gasteiger partial charge on any atom is 0.226 e. The third kappa shape index (κ3) is 1.60. The molecule has 1 aliphatic heterocycles. The van der Waals surface area contributed by atoms with Crippen molar-refractivity contribution in [2.45, 2.75) is 32.6 Å². The van der Waals surface area contributed by atoms with Crippen molar-refractivity contribution in [3.63, 3.8) is 0 Å². The van der Waals surface area contributed by atoms with Crippen LogP contribution in [0.2, 0.25) is 0 Å². The molecule has 2 aliphatic rings. The van der Waals surface area contributed by atoms with Crippen LogP contribution in [-0.2, 0) is 9.59 Å². The summed E-state index contributed by atoms with van der Waals surface area (Å²) in [6.45, 7) is 2.19. The average molecular weight is 181 g/mol. The average Bonchev–Trinajstić information content (AvgIpc) is 2.32. The Balaban J connectivity index is 2.15. The Labute approximate surface area is 77.9 Å². The summed E-state index contributed by atoms with van der Waals surface area (Å²) in [7, 11) is 0. The lowest BCUT2D eigenvalue weighted by atomic mass is 9.86. The highest BCUT2D eigenvalue weighted by atomic mass is 16.2. The summed E-state index contributed by atoms with van der Waals surface area (Å²) >= 11 is 0. The molecular weight excluding hydrogens is 166 g/mol. The molecule has 0 bridgehead atoms. The zero-order valence-electron chi connectivity index (χ0n) is 7.88.